The predicted octanol–water partition coefficient (Wildman–Crippen LogP) is 4.80. The maximum absolute atomic E-state index is 10.7. The van der Waals surface area contributed by atoms with Crippen LogP contribution in [0.4, 0.5) is 22.0 Å². The Kier molecular flexibility index (Phi) is 6.05. The highest BCUT2D eigenvalue weighted by Gasteiger charge is 2.06. The third-order valence-corrected chi connectivity index (χ3v) is 4.11. The van der Waals surface area contributed by atoms with Gasteiger partial charge in [0.25, 0.3) is 0 Å². The summed E-state index contributed by atoms with van der Waals surface area (Å²) in [5.74, 6) is 0.436. The van der Waals surface area contributed by atoms with E-state index in [-0.39, 0.29) is 5.28 Å². The standard InChI is InChI=1S/C18H15Cl2N5O2/c19-15-10-22-17(20)25-16(15)23-13-3-1-2-11(6-13)4-5-12-7-14(9-21-8-12)24-18(26)27/h1-3,6-10,24H,4-5H2,(H,26,27)(H,22,23,25). The number of hydrogen-bond acceptors (Lipinski definition) is 5. The number of halogens is 2. The van der Waals surface area contributed by atoms with Crippen LogP contribution in [-0.4, -0.2) is 26.2 Å². The SMILES string of the molecule is O=C(O)Nc1cncc(CCc2cccc(Nc3nc(Cl)ncc3Cl)c2)c1. The molecule has 2 aromatic heterocycles. The Hall–Kier alpha value is -2.90. The van der Waals surface area contributed by atoms with Crippen LogP contribution < -0.4 is 10.6 Å². The zero-order chi connectivity index (χ0) is 19.2. The number of hydrogen-bond donors (Lipinski definition) is 3. The molecule has 138 valence electrons. The van der Waals surface area contributed by atoms with Crippen molar-refractivity contribution < 1.29 is 9.90 Å². The van der Waals surface area contributed by atoms with E-state index in [4.69, 9.17) is 28.3 Å². The highest BCUT2D eigenvalue weighted by atomic mass is 35.5. The van der Waals surface area contributed by atoms with Gasteiger partial charge in [0.15, 0.2) is 5.82 Å². The third kappa shape index (κ3) is 5.54. The predicted molar refractivity (Wildman–Crippen MR) is 105 cm³/mol. The lowest BCUT2D eigenvalue weighted by atomic mass is 10.0. The van der Waals surface area contributed by atoms with Gasteiger partial charge in [0.1, 0.15) is 5.02 Å². The van der Waals surface area contributed by atoms with Crippen molar-refractivity contribution in [2.24, 2.45) is 0 Å². The Labute approximate surface area is 165 Å². The minimum Gasteiger partial charge on any atom is -0.465 e. The molecular weight excluding hydrogens is 389 g/mol. The highest BCUT2D eigenvalue weighted by Crippen LogP contribution is 2.24. The van der Waals surface area contributed by atoms with E-state index in [0.29, 0.717) is 22.9 Å². The van der Waals surface area contributed by atoms with Crippen LogP contribution in [0.5, 0.6) is 0 Å². The lowest BCUT2D eigenvalue weighted by molar-refractivity contribution is 0.209. The zero-order valence-corrected chi connectivity index (χ0v) is 15.5. The summed E-state index contributed by atoms with van der Waals surface area (Å²) in [6.07, 6.45) is 4.99. The molecule has 0 aliphatic carbocycles. The van der Waals surface area contributed by atoms with Gasteiger partial charge in [-0.3, -0.25) is 10.3 Å². The van der Waals surface area contributed by atoms with Gasteiger partial charge in [-0.25, -0.2) is 9.78 Å². The largest absolute Gasteiger partial charge is 0.465 e. The van der Waals surface area contributed by atoms with Crippen molar-refractivity contribution in [2.45, 2.75) is 12.8 Å². The molecule has 7 nitrogen and oxygen atoms in total. The quantitative estimate of drug-likeness (QED) is 0.511. The number of benzene rings is 1. The number of amides is 1. The Balaban J connectivity index is 1.67. The van der Waals surface area contributed by atoms with Gasteiger partial charge in [-0.15, -0.1) is 0 Å². The molecule has 9 heteroatoms. The van der Waals surface area contributed by atoms with Crippen molar-refractivity contribution in [1.29, 1.82) is 0 Å². The first-order valence-electron chi connectivity index (χ1n) is 7.97. The van der Waals surface area contributed by atoms with Crippen molar-refractivity contribution in [3.8, 4) is 0 Å². The Morgan fingerprint density at radius 2 is 1.81 bits per heavy atom. The number of carboxylic acid groups (broad SMARTS) is 1. The van der Waals surface area contributed by atoms with Crippen LogP contribution in [0.25, 0.3) is 0 Å². The number of anilines is 3. The van der Waals surface area contributed by atoms with E-state index in [0.717, 1.165) is 23.2 Å². The van der Waals surface area contributed by atoms with E-state index in [9.17, 15) is 4.79 Å². The number of pyridine rings is 1. The van der Waals surface area contributed by atoms with E-state index < -0.39 is 6.09 Å². The second-order valence-electron chi connectivity index (χ2n) is 5.67. The molecule has 0 bridgehead atoms. The number of rotatable bonds is 6. The summed E-state index contributed by atoms with van der Waals surface area (Å²) >= 11 is 11.9. The zero-order valence-electron chi connectivity index (χ0n) is 14.0. The molecule has 1 aromatic carbocycles. The number of aryl methyl sites for hydroxylation is 2. The summed E-state index contributed by atoms with van der Waals surface area (Å²) in [5.41, 5.74) is 3.30. The van der Waals surface area contributed by atoms with Gasteiger partial charge in [0, 0.05) is 11.9 Å². The van der Waals surface area contributed by atoms with Gasteiger partial charge in [-0.05, 0) is 53.8 Å². The smallest absolute Gasteiger partial charge is 0.409 e. The van der Waals surface area contributed by atoms with Gasteiger partial charge in [0.05, 0.1) is 18.1 Å². The molecule has 0 atom stereocenters. The topological polar surface area (TPSA) is 100 Å². The first-order valence-corrected chi connectivity index (χ1v) is 8.73. The van der Waals surface area contributed by atoms with Gasteiger partial charge < -0.3 is 10.4 Å². The van der Waals surface area contributed by atoms with Crippen molar-refractivity contribution in [3.05, 3.63) is 70.4 Å². The molecule has 3 aromatic rings. The van der Waals surface area contributed by atoms with E-state index in [2.05, 4.69) is 25.6 Å². The van der Waals surface area contributed by atoms with Crippen LogP contribution >= 0.6 is 23.2 Å². The first-order chi connectivity index (χ1) is 13.0. The summed E-state index contributed by atoms with van der Waals surface area (Å²) < 4.78 is 0. The van der Waals surface area contributed by atoms with Crippen LogP contribution in [0.3, 0.4) is 0 Å². The summed E-state index contributed by atoms with van der Waals surface area (Å²) in [5, 5.41) is 14.7. The number of nitrogens with one attached hydrogen (secondary N) is 2. The monoisotopic (exact) mass is 403 g/mol. The second kappa shape index (κ2) is 8.66. The fourth-order valence-corrected chi connectivity index (χ4v) is 2.75. The van der Waals surface area contributed by atoms with Gasteiger partial charge in [-0.1, -0.05) is 23.7 Å². The third-order valence-electron chi connectivity index (χ3n) is 3.65. The number of nitrogens with zero attached hydrogens (tertiary/aromatic N) is 3. The average molecular weight is 404 g/mol. The van der Waals surface area contributed by atoms with Gasteiger partial charge in [0.2, 0.25) is 5.28 Å². The van der Waals surface area contributed by atoms with Gasteiger partial charge >= 0.3 is 6.09 Å². The van der Waals surface area contributed by atoms with Gasteiger partial charge in [-0.2, -0.15) is 4.98 Å². The number of aromatic nitrogens is 3. The molecule has 0 unspecified atom stereocenters. The Morgan fingerprint density at radius 1 is 1.04 bits per heavy atom. The molecule has 0 aliphatic rings. The molecule has 0 radical (unpaired) electrons. The molecular formula is C18H15Cl2N5O2. The lowest BCUT2D eigenvalue weighted by Gasteiger charge is -2.09. The normalized spacial score (nSPS) is 10.4. The van der Waals surface area contributed by atoms with E-state index in [1.54, 1.807) is 12.3 Å². The maximum atomic E-state index is 10.7. The summed E-state index contributed by atoms with van der Waals surface area (Å²) in [6.45, 7) is 0. The minimum atomic E-state index is -1.11. The van der Waals surface area contributed by atoms with Crippen LogP contribution in [0.15, 0.2) is 48.9 Å². The minimum absolute atomic E-state index is 0.111. The second-order valence-corrected chi connectivity index (χ2v) is 6.42. The molecule has 27 heavy (non-hydrogen) atoms. The Morgan fingerprint density at radius 3 is 2.63 bits per heavy atom. The van der Waals surface area contributed by atoms with Crippen molar-refractivity contribution in [1.82, 2.24) is 15.0 Å². The maximum Gasteiger partial charge on any atom is 0.409 e. The summed E-state index contributed by atoms with van der Waals surface area (Å²) in [4.78, 5) is 22.7. The lowest BCUT2D eigenvalue weighted by Crippen LogP contribution is -2.07. The Bertz CT molecular complexity index is 968. The molecule has 0 saturated heterocycles. The van der Waals surface area contributed by atoms with Crippen LogP contribution in [0.2, 0.25) is 10.3 Å². The van der Waals surface area contributed by atoms with Crippen LogP contribution in [0.1, 0.15) is 11.1 Å². The summed E-state index contributed by atoms with van der Waals surface area (Å²) in [6, 6.07) is 9.58. The number of carbonyl (C=O) groups is 1. The van der Waals surface area contributed by atoms with Crippen LogP contribution in [0, 0.1) is 0 Å². The molecule has 3 rings (SSSR count). The summed E-state index contributed by atoms with van der Waals surface area (Å²) in [7, 11) is 0. The molecule has 1 amide bonds. The van der Waals surface area contributed by atoms with E-state index >= 15 is 0 Å². The molecule has 0 saturated carbocycles. The molecule has 2 heterocycles. The van der Waals surface area contributed by atoms with Crippen LogP contribution in [-0.2, 0) is 12.8 Å². The highest BCUT2D eigenvalue weighted by molar-refractivity contribution is 6.33. The van der Waals surface area contributed by atoms with Crippen molar-refractivity contribution in [2.75, 3.05) is 10.6 Å². The molecule has 3 N–H and O–H groups in total. The van der Waals surface area contributed by atoms with E-state index in [1.165, 1.54) is 12.4 Å². The molecule has 0 fully saturated rings. The molecule has 0 spiro atoms. The average Bonchev–Trinajstić information content (AvgIpc) is 2.63. The fourth-order valence-electron chi connectivity index (χ4n) is 2.48. The fraction of sp³-hybridized carbons (Fsp3) is 0.111. The van der Waals surface area contributed by atoms with E-state index in [1.807, 2.05) is 24.3 Å². The van der Waals surface area contributed by atoms with Crippen molar-refractivity contribution >= 4 is 46.5 Å². The first kappa shape index (κ1) is 18.9. The van der Waals surface area contributed by atoms with Crippen molar-refractivity contribution in [3.63, 3.8) is 0 Å². The molecule has 0 aliphatic heterocycles.